The van der Waals surface area contributed by atoms with Gasteiger partial charge in [0.25, 0.3) is 0 Å². The van der Waals surface area contributed by atoms with Crippen LogP contribution in [-0.4, -0.2) is 36.1 Å². The molecule has 21 heavy (non-hydrogen) atoms. The largest absolute Gasteiger partial charge is 0.401 e. The summed E-state index contributed by atoms with van der Waals surface area (Å²) < 4.78 is 36.2. The topological polar surface area (TPSA) is 32.3 Å². The molecule has 0 saturated heterocycles. The molecule has 0 atom stereocenters. The zero-order chi connectivity index (χ0) is 15.5. The molecular formula is C14H16ClF3N2O. The number of halogens is 4. The van der Waals surface area contributed by atoms with Crippen LogP contribution in [0, 0.1) is 0 Å². The van der Waals surface area contributed by atoms with Gasteiger partial charge in [-0.15, -0.1) is 0 Å². The predicted octanol–water partition coefficient (Wildman–Crippen LogP) is 2.98. The van der Waals surface area contributed by atoms with E-state index in [1.807, 2.05) is 12.1 Å². The van der Waals surface area contributed by atoms with Gasteiger partial charge < -0.3 is 10.2 Å². The lowest BCUT2D eigenvalue weighted by atomic mass is 10.2. The van der Waals surface area contributed by atoms with Crippen LogP contribution in [0.5, 0.6) is 0 Å². The number of nitrogens with one attached hydrogen (secondary N) is 1. The van der Waals surface area contributed by atoms with Crippen LogP contribution < -0.4 is 5.32 Å². The maximum atomic E-state index is 12.1. The van der Waals surface area contributed by atoms with Crippen molar-refractivity contribution >= 4 is 17.5 Å². The molecule has 0 aromatic heterocycles. The summed E-state index contributed by atoms with van der Waals surface area (Å²) in [6.45, 7) is -1.06. The average Bonchev–Trinajstić information content (AvgIpc) is 3.20. The van der Waals surface area contributed by atoms with Crippen LogP contribution in [0.3, 0.4) is 0 Å². The van der Waals surface area contributed by atoms with Gasteiger partial charge in [0.05, 0.1) is 13.1 Å². The first kappa shape index (κ1) is 16.1. The molecule has 1 aromatic carbocycles. The average molecular weight is 321 g/mol. The lowest BCUT2D eigenvalue weighted by Gasteiger charge is -2.23. The van der Waals surface area contributed by atoms with Crippen molar-refractivity contribution < 1.29 is 18.0 Å². The SMILES string of the molecule is O=C(CNCC(F)(F)F)N(Cc1ccc(Cl)cc1)C1CC1. The van der Waals surface area contributed by atoms with E-state index < -0.39 is 12.7 Å². The highest BCUT2D eigenvalue weighted by Gasteiger charge is 2.33. The van der Waals surface area contributed by atoms with Crippen molar-refractivity contribution in [1.82, 2.24) is 10.2 Å². The monoisotopic (exact) mass is 320 g/mol. The molecule has 0 heterocycles. The highest BCUT2D eigenvalue weighted by molar-refractivity contribution is 6.30. The number of carbonyl (C=O) groups is 1. The first-order valence-corrected chi connectivity index (χ1v) is 7.04. The molecule has 0 unspecified atom stereocenters. The minimum Gasteiger partial charge on any atom is -0.334 e. The molecule has 0 radical (unpaired) electrons. The molecule has 1 aliphatic rings. The molecule has 0 aliphatic heterocycles. The van der Waals surface area contributed by atoms with Crippen molar-refractivity contribution in [2.24, 2.45) is 0 Å². The molecular weight excluding hydrogens is 305 g/mol. The molecule has 1 aliphatic carbocycles. The van der Waals surface area contributed by atoms with Crippen molar-refractivity contribution in [2.45, 2.75) is 31.6 Å². The maximum absolute atomic E-state index is 12.1. The van der Waals surface area contributed by atoms with Gasteiger partial charge in [-0.25, -0.2) is 0 Å². The smallest absolute Gasteiger partial charge is 0.334 e. The zero-order valence-electron chi connectivity index (χ0n) is 11.3. The normalized spacial score (nSPS) is 15.0. The predicted molar refractivity (Wildman–Crippen MR) is 73.9 cm³/mol. The van der Waals surface area contributed by atoms with E-state index in [9.17, 15) is 18.0 Å². The van der Waals surface area contributed by atoms with Crippen molar-refractivity contribution in [3.63, 3.8) is 0 Å². The molecule has 116 valence electrons. The van der Waals surface area contributed by atoms with Gasteiger partial charge in [0.1, 0.15) is 0 Å². The van der Waals surface area contributed by atoms with Gasteiger partial charge >= 0.3 is 6.18 Å². The molecule has 1 saturated carbocycles. The Balaban J connectivity index is 1.89. The fourth-order valence-corrected chi connectivity index (χ4v) is 2.13. The van der Waals surface area contributed by atoms with E-state index in [4.69, 9.17) is 11.6 Å². The van der Waals surface area contributed by atoms with Gasteiger partial charge in [0, 0.05) is 17.6 Å². The summed E-state index contributed by atoms with van der Waals surface area (Å²) in [5, 5.41) is 2.75. The van der Waals surface area contributed by atoms with Gasteiger partial charge in [0.2, 0.25) is 5.91 Å². The molecule has 1 aromatic rings. The highest BCUT2D eigenvalue weighted by Crippen LogP contribution is 2.28. The maximum Gasteiger partial charge on any atom is 0.401 e. The molecule has 0 spiro atoms. The van der Waals surface area contributed by atoms with Gasteiger partial charge in [-0.05, 0) is 30.5 Å². The number of benzene rings is 1. The summed E-state index contributed by atoms with van der Waals surface area (Å²) in [6.07, 6.45) is -2.50. The number of hydrogen-bond acceptors (Lipinski definition) is 2. The van der Waals surface area contributed by atoms with E-state index in [1.165, 1.54) is 0 Å². The van der Waals surface area contributed by atoms with E-state index in [2.05, 4.69) is 5.32 Å². The van der Waals surface area contributed by atoms with Crippen LogP contribution in [0.1, 0.15) is 18.4 Å². The van der Waals surface area contributed by atoms with E-state index >= 15 is 0 Å². The van der Waals surface area contributed by atoms with E-state index in [0.29, 0.717) is 11.6 Å². The van der Waals surface area contributed by atoms with E-state index in [-0.39, 0.29) is 18.5 Å². The van der Waals surface area contributed by atoms with Crippen LogP contribution in [-0.2, 0) is 11.3 Å². The van der Waals surface area contributed by atoms with Gasteiger partial charge in [0.15, 0.2) is 0 Å². The fourth-order valence-electron chi connectivity index (χ4n) is 2.01. The molecule has 7 heteroatoms. The molecule has 2 rings (SSSR count). The molecule has 1 fully saturated rings. The van der Waals surface area contributed by atoms with Crippen LogP contribution in [0.4, 0.5) is 13.2 Å². The number of hydrogen-bond donors (Lipinski definition) is 1. The first-order chi connectivity index (χ1) is 9.85. The Morgan fingerprint density at radius 1 is 1.29 bits per heavy atom. The van der Waals surface area contributed by atoms with Crippen molar-refractivity contribution in [3.8, 4) is 0 Å². The van der Waals surface area contributed by atoms with E-state index in [1.54, 1.807) is 17.0 Å². The number of alkyl halides is 3. The minimum absolute atomic E-state index is 0.140. The zero-order valence-corrected chi connectivity index (χ0v) is 12.0. The quantitative estimate of drug-likeness (QED) is 0.874. The Hall–Kier alpha value is -1.27. The standard InChI is InChI=1S/C14H16ClF3N2O/c15-11-3-1-10(2-4-11)8-20(12-5-6-12)13(21)7-19-9-14(16,17)18/h1-4,12,19H,5-9H2. The highest BCUT2D eigenvalue weighted by atomic mass is 35.5. The second-order valence-electron chi connectivity index (χ2n) is 5.10. The lowest BCUT2D eigenvalue weighted by molar-refractivity contribution is -0.135. The van der Waals surface area contributed by atoms with Crippen molar-refractivity contribution in [2.75, 3.05) is 13.1 Å². The van der Waals surface area contributed by atoms with E-state index in [0.717, 1.165) is 18.4 Å². The third-order valence-electron chi connectivity index (χ3n) is 3.18. The van der Waals surface area contributed by atoms with Crippen molar-refractivity contribution in [1.29, 1.82) is 0 Å². The summed E-state index contributed by atoms with van der Waals surface area (Å²) in [7, 11) is 0. The molecule has 1 amide bonds. The third-order valence-corrected chi connectivity index (χ3v) is 3.43. The van der Waals surface area contributed by atoms with Crippen molar-refractivity contribution in [3.05, 3.63) is 34.9 Å². The Kier molecular flexibility index (Phi) is 5.11. The van der Waals surface area contributed by atoms with Crippen LogP contribution in [0.15, 0.2) is 24.3 Å². The Labute approximate surface area is 126 Å². The number of amides is 1. The third kappa shape index (κ3) is 5.55. The van der Waals surface area contributed by atoms with Gasteiger partial charge in [-0.3, -0.25) is 4.79 Å². The summed E-state index contributed by atoms with van der Waals surface area (Å²) in [5.41, 5.74) is 0.912. The molecule has 1 N–H and O–H groups in total. The van der Waals surface area contributed by atoms with Crippen LogP contribution >= 0.6 is 11.6 Å². The number of carbonyl (C=O) groups excluding carboxylic acids is 1. The Morgan fingerprint density at radius 3 is 2.43 bits per heavy atom. The first-order valence-electron chi connectivity index (χ1n) is 6.66. The number of nitrogens with zero attached hydrogens (tertiary/aromatic N) is 1. The minimum atomic E-state index is -4.30. The summed E-state index contributed by atoms with van der Waals surface area (Å²) >= 11 is 5.80. The lowest BCUT2D eigenvalue weighted by Crippen LogP contribution is -2.41. The molecule has 3 nitrogen and oxygen atoms in total. The number of rotatable bonds is 6. The Bertz CT molecular complexity index is 486. The molecule has 0 bridgehead atoms. The van der Waals surface area contributed by atoms with Gasteiger partial charge in [-0.1, -0.05) is 23.7 Å². The second kappa shape index (κ2) is 6.66. The summed E-state index contributed by atoms with van der Waals surface area (Å²) in [6, 6.07) is 7.23. The van der Waals surface area contributed by atoms with Gasteiger partial charge in [-0.2, -0.15) is 13.2 Å². The van der Waals surface area contributed by atoms with Crippen LogP contribution in [0.25, 0.3) is 0 Å². The Morgan fingerprint density at radius 2 is 1.90 bits per heavy atom. The summed E-state index contributed by atoms with van der Waals surface area (Å²) in [5.74, 6) is -0.309. The fraction of sp³-hybridized carbons (Fsp3) is 0.500. The summed E-state index contributed by atoms with van der Waals surface area (Å²) in [4.78, 5) is 13.7. The second-order valence-corrected chi connectivity index (χ2v) is 5.53. The van der Waals surface area contributed by atoms with Crippen LogP contribution in [0.2, 0.25) is 5.02 Å².